The summed E-state index contributed by atoms with van der Waals surface area (Å²) in [5.41, 5.74) is 0. The van der Waals surface area contributed by atoms with Gasteiger partial charge in [0.15, 0.2) is 0 Å². The fourth-order valence-electron chi connectivity index (χ4n) is 1.73. The Bertz CT molecular complexity index is 340. The Morgan fingerprint density at radius 1 is 1.50 bits per heavy atom. The molecule has 1 heterocycles. The molecular formula is C12H15BrO2S. The molecule has 0 radical (unpaired) electrons. The van der Waals surface area contributed by atoms with Crippen molar-refractivity contribution in [2.75, 3.05) is 18.1 Å². The van der Waals surface area contributed by atoms with Gasteiger partial charge in [0.25, 0.3) is 0 Å². The number of halogens is 1. The molecule has 1 N–H and O–H groups in total. The highest BCUT2D eigenvalue weighted by molar-refractivity contribution is 9.10. The van der Waals surface area contributed by atoms with Crippen LogP contribution in [-0.4, -0.2) is 29.3 Å². The van der Waals surface area contributed by atoms with Gasteiger partial charge in [-0.1, -0.05) is 12.1 Å². The maximum absolute atomic E-state index is 9.95. The normalized spacial score (nSPS) is 22.0. The molecule has 1 aliphatic heterocycles. The van der Waals surface area contributed by atoms with E-state index >= 15 is 0 Å². The highest BCUT2D eigenvalue weighted by Crippen LogP contribution is 2.28. The van der Waals surface area contributed by atoms with E-state index in [0.717, 1.165) is 28.1 Å². The zero-order chi connectivity index (χ0) is 11.4. The Hall–Kier alpha value is -0.190. The van der Waals surface area contributed by atoms with Gasteiger partial charge in [-0.05, 0) is 51.9 Å². The molecule has 2 unspecified atom stereocenters. The maximum Gasteiger partial charge on any atom is 0.133 e. The molecule has 16 heavy (non-hydrogen) atoms. The summed E-state index contributed by atoms with van der Waals surface area (Å²) in [7, 11) is 0. The van der Waals surface area contributed by atoms with Crippen LogP contribution in [0, 0.1) is 5.92 Å². The van der Waals surface area contributed by atoms with Gasteiger partial charge in [0.05, 0.1) is 10.6 Å². The Balaban J connectivity index is 1.84. The molecule has 0 bridgehead atoms. The fraction of sp³-hybridized carbons (Fsp3) is 0.500. The first-order valence-electron chi connectivity index (χ1n) is 5.40. The molecule has 0 spiro atoms. The molecule has 0 saturated carbocycles. The van der Waals surface area contributed by atoms with E-state index in [1.165, 1.54) is 0 Å². The van der Waals surface area contributed by atoms with E-state index in [2.05, 4.69) is 15.9 Å². The standard InChI is InChI=1S/C12H15BrO2S/c13-10-3-1-2-4-12(10)15-7-11(14)9-5-6-16-8-9/h1-4,9,11,14H,5-8H2. The van der Waals surface area contributed by atoms with Crippen molar-refractivity contribution in [1.82, 2.24) is 0 Å². The molecule has 1 aromatic rings. The number of hydrogen-bond acceptors (Lipinski definition) is 3. The Morgan fingerprint density at radius 3 is 3.00 bits per heavy atom. The lowest BCUT2D eigenvalue weighted by molar-refractivity contribution is 0.0660. The topological polar surface area (TPSA) is 29.5 Å². The van der Waals surface area contributed by atoms with E-state index in [9.17, 15) is 5.11 Å². The summed E-state index contributed by atoms with van der Waals surface area (Å²) < 4.78 is 6.54. The second-order valence-corrected chi connectivity index (χ2v) is 5.94. The van der Waals surface area contributed by atoms with Gasteiger partial charge in [0.1, 0.15) is 12.4 Å². The van der Waals surface area contributed by atoms with Crippen LogP contribution in [-0.2, 0) is 0 Å². The van der Waals surface area contributed by atoms with E-state index in [1.54, 1.807) is 0 Å². The largest absolute Gasteiger partial charge is 0.490 e. The van der Waals surface area contributed by atoms with Crippen LogP contribution < -0.4 is 4.74 Å². The first-order valence-corrected chi connectivity index (χ1v) is 7.35. The Morgan fingerprint density at radius 2 is 2.31 bits per heavy atom. The third-order valence-corrected chi connectivity index (χ3v) is 4.60. The lowest BCUT2D eigenvalue weighted by Gasteiger charge is -2.18. The van der Waals surface area contributed by atoms with Crippen molar-refractivity contribution < 1.29 is 9.84 Å². The minimum absolute atomic E-state index is 0.345. The van der Waals surface area contributed by atoms with Crippen LogP contribution in [0.25, 0.3) is 0 Å². The average molecular weight is 303 g/mol. The van der Waals surface area contributed by atoms with E-state index in [1.807, 2.05) is 36.0 Å². The van der Waals surface area contributed by atoms with Crippen molar-refractivity contribution in [2.24, 2.45) is 5.92 Å². The van der Waals surface area contributed by atoms with Crippen molar-refractivity contribution in [3.05, 3.63) is 28.7 Å². The van der Waals surface area contributed by atoms with Crippen LogP contribution in [0.1, 0.15) is 6.42 Å². The first kappa shape index (κ1) is 12.3. The second-order valence-electron chi connectivity index (χ2n) is 3.93. The summed E-state index contributed by atoms with van der Waals surface area (Å²) in [5.74, 6) is 3.41. The molecule has 2 rings (SSSR count). The number of benzene rings is 1. The third kappa shape index (κ3) is 3.15. The highest BCUT2D eigenvalue weighted by Gasteiger charge is 2.24. The quantitative estimate of drug-likeness (QED) is 0.927. The minimum atomic E-state index is -0.345. The summed E-state index contributed by atoms with van der Waals surface area (Å²) >= 11 is 5.33. The van der Waals surface area contributed by atoms with E-state index in [4.69, 9.17) is 4.74 Å². The van der Waals surface area contributed by atoms with Gasteiger partial charge in [-0.2, -0.15) is 11.8 Å². The van der Waals surface area contributed by atoms with Crippen LogP contribution in [0.15, 0.2) is 28.7 Å². The van der Waals surface area contributed by atoms with E-state index in [0.29, 0.717) is 12.5 Å². The van der Waals surface area contributed by atoms with E-state index in [-0.39, 0.29) is 6.10 Å². The monoisotopic (exact) mass is 302 g/mol. The van der Waals surface area contributed by atoms with Crippen molar-refractivity contribution in [1.29, 1.82) is 0 Å². The van der Waals surface area contributed by atoms with Gasteiger partial charge in [-0.25, -0.2) is 0 Å². The summed E-state index contributed by atoms with van der Waals surface area (Å²) in [6.07, 6.45) is 0.757. The summed E-state index contributed by atoms with van der Waals surface area (Å²) in [6.45, 7) is 0.383. The van der Waals surface area contributed by atoms with Crippen molar-refractivity contribution >= 4 is 27.7 Å². The number of rotatable bonds is 4. The number of thioether (sulfide) groups is 1. The molecule has 1 aliphatic rings. The molecule has 1 saturated heterocycles. The predicted molar refractivity (Wildman–Crippen MR) is 71.1 cm³/mol. The molecule has 2 atom stereocenters. The van der Waals surface area contributed by atoms with Crippen molar-refractivity contribution in [2.45, 2.75) is 12.5 Å². The van der Waals surface area contributed by atoms with Gasteiger partial charge in [-0.15, -0.1) is 0 Å². The van der Waals surface area contributed by atoms with E-state index < -0.39 is 0 Å². The second kappa shape index (κ2) is 5.94. The zero-order valence-corrected chi connectivity index (χ0v) is 11.3. The number of aliphatic hydroxyl groups is 1. The molecule has 0 aliphatic carbocycles. The first-order chi connectivity index (χ1) is 7.77. The van der Waals surface area contributed by atoms with Crippen molar-refractivity contribution in [3.63, 3.8) is 0 Å². The molecular weight excluding hydrogens is 288 g/mol. The molecule has 0 amide bonds. The summed E-state index contributed by atoms with van der Waals surface area (Å²) in [6, 6.07) is 7.71. The number of hydrogen-bond donors (Lipinski definition) is 1. The number of para-hydroxylation sites is 1. The molecule has 4 heteroatoms. The zero-order valence-electron chi connectivity index (χ0n) is 8.93. The van der Waals surface area contributed by atoms with Gasteiger partial charge in [0.2, 0.25) is 0 Å². The number of ether oxygens (including phenoxy) is 1. The summed E-state index contributed by atoms with van der Waals surface area (Å²) in [4.78, 5) is 0. The number of aliphatic hydroxyl groups excluding tert-OH is 1. The molecule has 1 aromatic carbocycles. The molecule has 88 valence electrons. The molecule has 0 aromatic heterocycles. The lowest BCUT2D eigenvalue weighted by Crippen LogP contribution is -2.27. The molecule has 1 fully saturated rings. The van der Waals surface area contributed by atoms with Crippen LogP contribution in [0.2, 0.25) is 0 Å². The van der Waals surface area contributed by atoms with Crippen LogP contribution in [0.4, 0.5) is 0 Å². The SMILES string of the molecule is OC(COc1ccccc1Br)C1CCSC1. The molecule has 2 nitrogen and oxygen atoms in total. The van der Waals surface area contributed by atoms with Gasteiger partial charge < -0.3 is 9.84 Å². The van der Waals surface area contributed by atoms with Crippen LogP contribution >= 0.6 is 27.7 Å². The van der Waals surface area contributed by atoms with Gasteiger partial charge in [0, 0.05) is 0 Å². The Labute approximate surface area is 109 Å². The van der Waals surface area contributed by atoms with Crippen molar-refractivity contribution in [3.8, 4) is 5.75 Å². The minimum Gasteiger partial charge on any atom is -0.490 e. The van der Waals surface area contributed by atoms with Gasteiger partial charge in [-0.3, -0.25) is 0 Å². The lowest BCUT2D eigenvalue weighted by atomic mass is 10.0. The fourth-order valence-corrected chi connectivity index (χ4v) is 3.46. The average Bonchev–Trinajstić information content (AvgIpc) is 2.81. The van der Waals surface area contributed by atoms with Gasteiger partial charge >= 0.3 is 0 Å². The Kier molecular flexibility index (Phi) is 4.55. The summed E-state index contributed by atoms with van der Waals surface area (Å²) in [5, 5.41) is 9.95. The highest BCUT2D eigenvalue weighted by atomic mass is 79.9. The van der Waals surface area contributed by atoms with Crippen LogP contribution in [0.5, 0.6) is 5.75 Å². The maximum atomic E-state index is 9.95. The third-order valence-electron chi connectivity index (χ3n) is 2.76. The van der Waals surface area contributed by atoms with Crippen LogP contribution in [0.3, 0.4) is 0 Å². The predicted octanol–water partition coefficient (Wildman–Crippen LogP) is 2.94. The smallest absolute Gasteiger partial charge is 0.133 e.